The molecule has 0 atom stereocenters. The summed E-state index contributed by atoms with van der Waals surface area (Å²) in [5.74, 6) is -0.433. The van der Waals surface area contributed by atoms with E-state index in [0.717, 1.165) is 11.4 Å². The molecule has 0 radical (unpaired) electrons. The molecule has 20 heavy (non-hydrogen) atoms. The van der Waals surface area contributed by atoms with Crippen molar-refractivity contribution >= 4 is 11.9 Å². The summed E-state index contributed by atoms with van der Waals surface area (Å²) < 4.78 is 9.74. The Morgan fingerprint density at radius 1 is 0.950 bits per heavy atom. The molecule has 0 bridgehead atoms. The zero-order valence-electron chi connectivity index (χ0n) is 12.1. The number of nitrogens with zero attached hydrogens (tertiary/aromatic N) is 1. The third-order valence-corrected chi connectivity index (χ3v) is 2.65. The summed E-state index contributed by atoms with van der Waals surface area (Å²) in [5.41, 5.74) is 1.67. The molecule has 0 saturated carbocycles. The molecule has 0 aromatic carbocycles. The quantitative estimate of drug-likeness (QED) is 0.682. The Morgan fingerprint density at radius 3 is 1.80 bits per heavy atom. The lowest BCUT2D eigenvalue weighted by atomic mass is 10.1. The van der Waals surface area contributed by atoms with Crippen molar-refractivity contribution in [3.63, 3.8) is 0 Å². The second-order valence-electron chi connectivity index (χ2n) is 4.23. The van der Waals surface area contributed by atoms with Gasteiger partial charge < -0.3 is 9.47 Å². The van der Waals surface area contributed by atoms with Crippen molar-refractivity contribution in [3.05, 3.63) is 29.6 Å². The molecule has 0 spiro atoms. The number of hydrogen-bond acceptors (Lipinski definition) is 5. The van der Waals surface area contributed by atoms with E-state index in [2.05, 4.69) is 4.98 Å². The molecule has 0 aliphatic heterocycles. The topological polar surface area (TPSA) is 65.5 Å². The van der Waals surface area contributed by atoms with Crippen LogP contribution in [0.25, 0.3) is 0 Å². The van der Waals surface area contributed by atoms with Crippen LogP contribution in [0, 0.1) is 0 Å². The van der Waals surface area contributed by atoms with Crippen LogP contribution in [-0.2, 0) is 31.9 Å². The lowest BCUT2D eigenvalue weighted by molar-refractivity contribution is -0.143. The minimum Gasteiger partial charge on any atom is -0.466 e. The lowest BCUT2D eigenvalue weighted by Crippen LogP contribution is -2.08. The van der Waals surface area contributed by atoms with Gasteiger partial charge in [0.1, 0.15) is 0 Å². The highest BCUT2D eigenvalue weighted by Gasteiger charge is 2.06. The minimum absolute atomic E-state index is 0.216. The first kappa shape index (κ1) is 16.1. The molecule has 0 aliphatic rings. The van der Waals surface area contributed by atoms with Gasteiger partial charge in [-0.05, 0) is 26.0 Å². The van der Waals surface area contributed by atoms with Crippen LogP contribution in [-0.4, -0.2) is 30.1 Å². The number of aromatic nitrogens is 1. The highest BCUT2D eigenvalue weighted by atomic mass is 16.5. The van der Waals surface area contributed by atoms with E-state index in [1.54, 1.807) is 13.8 Å². The summed E-state index contributed by atoms with van der Waals surface area (Å²) in [7, 11) is 0. The summed E-state index contributed by atoms with van der Waals surface area (Å²) in [6.45, 7) is 4.36. The normalized spacial score (nSPS) is 10.1. The molecule has 0 fully saturated rings. The first-order valence-electron chi connectivity index (χ1n) is 6.91. The van der Waals surface area contributed by atoms with E-state index >= 15 is 0 Å². The van der Waals surface area contributed by atoms with Crippen molar-refractivity contribution in [2.75, 3.05) is 13.2 Å². The van der Waals surface area contributed by atoms with E-state index in [9.17, 15) is 9.59 Å². The number of carbonyl (C=O) groups is 2. The Balaban J connectivity index is 2.45. The molecule has 0 unspecified atom stereocenters. The molecule has 1 aromatic rings. The molecule has 110 valence electrons. The molecule has 0 aliphatic carbocycles. The molecular formula is C15H21NO4. The standard InChI is InChI=1S/C15H21NO4/c1-3-19-14(17)10-8-12-6-5-7-13(16-12)9-11-15(18)20-4-2/h5-7H,3-4,8-11H2,1-2H3. The van der Waals surface area contributed by atoms with Crippen LogP contribution in [0.1, 0.15) is 38.1 Å². The second-order valence-corrected chi connectivity index (χ2v) is 4.23. The monoisotopic (exact) mass is 279 g/mol. The van der Waals surface area contributed by atoms with Gasteiger partial charge in [0.25, 0.3) is 0 Å². The van der Waals surface area contributed by atoms with Crippen molar-refractivity contribution in [2.45, 2.75) is 39.5 Å². The maximum atomic E-state index is 11.3. The summed E-state index contributed by atoms with van der Waals surface area (Å²) in [5, 5.41) is 0. The number of pyridine rings is 1. The predicted molar refractivity (Wildman–Crippen MR) is 74.1 cm³/mol. The van der Waals surface area contributed by atoms with E-state index in [0.29, 0.717) is 38.9 Å². The third kappa shape index (κ3) is 6.31. The van der Waals surface area contributed by atoms with Gasteiger partial charge in [-0.2, -0.15) is 0 Å². The fourth-order valence-corrected chi connectivity index (χ4v) is 1.73. The van der Waals surface area contributed by atoms with Crippen molar-refractivity contribution in [2.24, 2.45) is 0 Å². The average Bonchev–Trinajstić information content (AvgIpc) is 2.44. The lowest BCUT2D eigenvalue weighted by Gasteiger charge is -2.05. The Morgan fingerprint density at radius 2 is 1.40 bits per heavy atom. The zero-order chi connectivity index (χ0) is 14.8. The second kappa shape index (κ2) is 9.07. The number of esters is 2. The minimum atomic E-state index is -0.216. The van der Waals surface area contributed by atoms with Gasteiger partial charge in [-0.3, -0.25) is 14.6 Å². The first-order valence-corrected chi connectivity index (χ1v) is 6.91. The van der Waals surface area contributed by atoms with Crippen molar-refractivity contribution in [3.8, 4) is 0 Å². The van der Waals surface area contributed by atoms with Gasteiger partial charge >= 0.3 is 11.9 Å². The molecule has 1 rings (SSSR count). The van der Waals surface area contributed by atoms with E-state index in [1.165, 1.54) is 0 Å². The summed E-state index contributed by atoms with van der Waals surface area (Å²) in [4.78, 5) is 27.0. The fourth-order valence-electron chi connectivity index (χ4n) is 1.73. The van der Waals surface area contributed by atoms with Crippen molar-refractivity contribution in [1.29, 1.82) is 0 Å². The van der Waals surface area contributed by atoms with E-state index < -0.39 is 0 Å². The smallest absolute Gasteiger partial charge is 0.306 e. The van der Waals surface area contributed by atoms with Crippen LogP contribution in [0.4, 0.5) is 0 Å². The highest BCUT2D eigenvalue weighted by molar-refractivity contribution is 5.70. The fraction of sp³-hybridized carbons (Fsp3) is 0.533. The molecule has 1 aromatic heterocycles. The number of hydrogen-bond donors (Lipinski definition) is 0. The number of carbonyl (C=O) groups excluding carboxylic acids is 2. The van der Waals surface area contributed by atoms with Gasteiger partial charge in [-0.1, -0.05) is 6.07 Å². The van der Waals surface area contributed by atoms with Gasteiger partial charge in [-0.25, -0.2) is 0 Å². The number of aryl methyl sites for hydroxylation is 2. The molecule has 1 heterocycles. The molecule has 0 N–H and O–H groups in total. The predicted octanol–water partition coefficient (Wildman–Crippen LogP) is 2.07. The SMILES string of the molecule is CCOC(=O)CCc1cccc(CCC(=O)OCC)n1. The largest absolute Gasteiger partial charge is 0.466 e. The summed E-state index contributed by atoms with van der Waals surface area (Å²) in [6.07, 6.45) is 1.74. The van der Waals surface area contributed by atoms with Gasteiger partial charge in [0.15, 0.2) is 0 Å². The van der Waals surface area contributed by atoms with Crippen LogP contribution >= 0.6 is 0 Å². The Hall–Kier alpha value is -1.91. The van der Waals surface area contributed by atoms with Crippen LogP contribution in [0.2, 0.25) is 0 Å². The third-order valence-electron chi connectivity index (χ3n) is 2.65. The average molecular weight is 279 g/mol. The Bertz CT molecular complexity index is 408. The molecule has 5 heteroatoms. The van der Waals surface area contributed by atoms with Gasteiger partial charge in [-0.15, -0.1) is 0 Å². The maximum Gasteiger partial charge on any atom is 0.306 e. The van der Waals surface area contributed by atoms with Gasteiger partial charge in [0.05, 0.1) is 26.1 Å². The van der Waals surface area contributed by atoms with E-state index in [-0.39, 0.29) is 11.9 Å². The van der Waals surface area contributed by atoms with Crippen molar-refractivity contribution < 1.29 is 19.1 Å². The molecule has 5 nitrogen and oxygen atoms in total. The molecular weight excluding hydrogens is 258 g/mol. The Kier molecular flexibility index (Phi) is 7.32. The van der Waals surface area contributed by atoms with Gasteiger partial charge in [0, 0.05) is 24.2 Å². The van der Waals surface area contributed by atoms with Crippen LogP contribution in [0.3, 0.4) is 0 Å². The summed E-state index contributed by atoms with van der Waals surface area (Å²) >= 11 is 0. The van der Waals surface area contributed by atoms with Gasteiger partial charge in [0.2, 0.25) is 0 Å². The van der Waals surface area contributed by atoms with Crippen LogP contribution in [0.5, 0.6) is 0 Å². The number of rotatable bonds is 8. The van der Waals surface area contributed by atoms with Crippen molar-refractivity contribution in [1.82, 2.24) is 4.98 Å². The molecule has 0 amide bonds. The first-order chi connectivity index (χ1) is 9.65. The highest BCUT2D eigenvalue weighted by Crippen LogP contribution is 2.06. The zero-order valence-corrected chi connectivity index (χ0v) is 12.1. The maximum absolute atomic E-state index is 11.3. The van der Waals surface area contributed by atoms with Crippen LogP contribution in [0.15, 0.2) is 18.2 Å². The summed E-state index contributed by atoms with van der Waals surface area (Å²) in [6, 6.07) is 5.62. The Labute approximate surface area is 119 Å². The van der Waals surface area contributed by atoms with Crippen LogP contribution < -0.4 is 0 Å². The van der Waals surface area contributed by atoms with E-state index in [1.807, 2.05) is 18.2 Å². The molecule has 0 saturated heterocycles. The van der Waals surface area contributed by atoms with E-state index in [4.69, 9.17) is 9.47 Å². The number of ether oxygens (including phenoxy) is 2.